The summed E-state index contributed by atoms with van der Waals surface area (Å²) in [5, 5.41) is 0. The summed E-state index contributed by atoms with van der Waals surface area (Å²) in [6, 6.07) is 0. The van der Waals surface area contributed by atoms with E-state index < -0.39 is 10.4 Å². The Balaban J connectivity index is 3.73. The maximum absolute atomic E-state index is 11.0. The van der Waals surface area contributed by atoms with E-state index in [4.69, 9.17) is 8.74 Å². The molecule has 4 nitrogen and oxygen atoms in total. The monoisotopic (exact) mass is 518 g/mol. The van der Waals surface area contributed by atoms with Crippen LogP contribution in [0.1, 0.15) is 181 Å². The van der Waals surface area contributed by atoms with Gasteiger partial charge >= 0.3 is 10.4 Å². The third kappa shape index (κ3) is 30.0. The van der Waals surface area contributed by atoms with Crippen LogP contribution in [0.5, 0.6) is 0 Å². The highest BCUT2D eigenvalue weighted by Gasteiger charge is 2.13. The summed E-state index contributed by atoms with van der Waals surface area (Å²) in [5.74, 6) is 0.239. The van der Waals surface area contributed by atoms with Gasteiger partial charge < -0.3 is 0 Å². The van der Waals surface area contributed by atoms with Gasteiger partial charge in [0, 0.05) is 0 Å². The number of rotatable bonds is 29. The Morgan fingerprint density at radius 2 is 0.743 bits per heavy atom. The van der Waals surface area contributed by atoms with Crippen LogP contribution >= 0.6 is 0 Å². The van der Waals surface area contributed by atoms with Crippen LogP contribution in [0, 0.1) is 5.92 Å². The van der Waals surface area contributed by atoms with Gasteiger partial charge in [0.1, 0.15) is 0 Å². The Morgan fingerprint density at radius 1 is 0.486 bits per heavy atom. The highest BCUT2D eigenvalue weighted by Crippen LogP contribution is 2.21. The van der Waals surface area contributed by atoms with Crippen LogP contribution in [0.15, 0.2) is 0 Å². The molecule has 0 saturated carbocycles. The molecule has 0 unspecified atom stereocenters. The summed E-state index contributed by atoms with van der Waals surface area (Å²) in [7, 11) is -4.33. The lowest BCUT2D eigenvalue weighted by Gasteiger charge is -2.16. The molecule has 35 heavy (non-hydrogen) atoms. The largest absolute Gasteiger partial charge is 0.397 e. The Hall–Kier alpha value is -0.130. The number of unbranched alkanes of at least 4 members (excludes halogenated alkanes) is 22. The quantitative estimate of drug-likeness (QED) is 0.0790. The summed E-state index contributed by atoms with van der Waals surface area (Å²) in [6.45, 7) is 4.67. The van der Waals surface area contributed by atoms with Crippen molar-refractivity contribution in [1.82, 2.24) is 0 Å². The molecule has 0 atom stereocenters. The van der Waals surface area contributed by atoms with Crippen LogP contribution in [-0.4, -0.2) is 19.6 Å². The second kappa shape index (κ2) is 26.9. The van der Waals surface area contributed by atoms with Gasteiger partial charge in [-0.1, -0.05) is 168 Å². The van der Waals surface area contributed by atoms with E-state index in [1.54, 1.807) is 0 Å². The average Bonchev–Trinajstić information content (AvgIpc) is 2.82. The van der Waals surface area contributed by atoms with Gasteiger partial charge in [0.05, 0.1) is 6.61 Å². The van der Waals surface area contributed by atoms with Crippen LogP contribution in [0.4, 0.5) is 0 Å². The maximum Gasteiger partial charge on any atom is 0.397 e. The molecule has 0 heterocycles. The summed E-state index contributed by atoms with van der Waals surface area (Å²) in [4.78, 5) is 0. The molecule has 0 amide bonds. The minimum Gasteiger partial charge on any atom is -0.264 e. The van der Waals surface area contributed by atoms with Crippen LogP contribution in [-0.2, 0) is 14.6 Å². The summed E-state index contributed by atoms with van der Waals surface area (Å²) in [6.07, 6.45) is 33.9. The van der Waals surface area contributed by atoms with Crippen molar-refractivity contribution in [3.8, 4) is 0 Å². The van der Waals surface area contributed by atoms with Crippen LogP contribution in [0.25, 0.3) is 0 Å². The highest BCUT2D eigenvalue weighted by atomic mass is 32.3. The molecular formula is C30H62O4S. The standard InChI is InChI=1S/C30H62O4S/c1-3-5-7-9-11-13-15-17-19-21-23-25-27-30(29-34-35(31,32)33)28-26-24-22-20-18-16-14-12-10-8-6-4-2/h30H,3-29H2,1-2H3,(H,31,32,33). The van der Waals surface area contributed by atoms with E-state index in [0.29, 0.717) is 0 Å². The van der Waals surface area contributed by atoms with E-state index in [0.717, 1.165) is 25.7 Å². The number of hydrogen-bond donors (Lipinski definition) is 1. The van der Waals surface area contributed by atoms with Gasteiger partial charge in [0.25, 0.3) is 0 Å². The summed E-state index contributed by atoms with van der Waals surface area (Å²) in [5.41, 5.74) is 0. The van der Waals surface area contributed by atoms with Gasteiger partial charge in [0.2, 0.25) is 0 Å². The fraction of sp³-hybridized carbons (Fsp3) is 1.00. The normalized spacial score (nSPS) is 12.1. The van der Waals surface area contributed by atoms with Gasteiger partial charge in [-0.25, -0.2) is 4.18 Å². The molecular weight excluding hydrogens is 456 g/mol. The van der Waals surface area contributed by atoms with E-state index in [1.807, 2.05) is 0 Å². The van der Waals surface area contributed by atoms with Crippen molar-refractivity contribution >= 4 is 10.4 Å². The zero-order chi connectivity index (χ0) is 25.9. The van der Waals surface area contributed by atoms with Gasteiger partial charge in [-0.05, 0) is 18.8 Å². The minimum absolute atomic E-state index is 0.134. The number of hydrogen-bond acceptors (Lipinski definition) is 3. The highest BCUT2D eigenvalue weighted by molar-refractivity contribution is 7.80. The molecule has 0 radical (unpaired) electrons. The maximum atomic E-state index is 11.0. The van der Waals surface area contributed by atoms with E-state index in [2.05, 4.69) is 13.8 Å². The zero-order valence-electron chi connectivity index (χ0n) is 23.7. The fourth-order valence-corrected chi connectivity index (χ4v) is 5.41. The predicted molar refractivity (Wildman–Crippen MR) is 152 cm³/mol. The predicted octanol–water partition coefficient (Wildman–Crippen LogP) is 10.6. The molecule has 1 N–H and O–H groups in total. The molecule has 0 aliphatic carbocycles. The summed E-state index contributed by atoms with van der Waals surface area (Å²) >= 11 is 0. The smallest absolute Gasteiger partial charge is 0.264 e. The molecule has 5 heteroatoms. The first kappa shape index (κ1) is 34.9. The molecule has 0 rings (SSSR count). The van der Waals surface area contributed by atoms with Gasteiger partial charge in [-0.3, -0.25) is 4.55 Å². The average molecular weight is 519 g/mol. The van der Waals surface area contributed by atoms with Crippen LogP contribution in [0.3, 0.4) is 0 Å². The van der Waals surface area contributed by atoms with Gasteiger partial charge in [-0.2, -0.15) is 8.42 Å². The van der Waals surface area contributed by atoms with E-state index in [-0.39, 0.29) is 12.5 Å². The SMILES string of the molecule is CCCCCCCCCCCCCCC(CCCCCCCCCCCCCC)COS(=O)(=O)O. The first-order valence-corrected chi connectivity index (χ1v) is 17.0. The second-order valence-corrected chi connectivity index (χ2v) is 12.0. The van der Waals surface area contributed by atoms with E-state index in [9.17, 15) is 8.42 Å². The van der Waals surface area contributed by atoms with Crippen LogP contribution in [0.2, 0.25) is 0 Å². The molecule has 212 valence electrons. The Kier molecular flexibility index (Phi) is 26.8. The summed E-state index contributed by atoms with van der Waals surface area (Å²) < 4.78 is 35.7. The van der Waals surface area contributed by atoms with Crippen molar-refractivity contribution < 1.29 is 17.2 Å². The molecule has 0 aliphatic rings. The first-order valence-electron chi connectivity index (χ1n) is 15.6. The van der Waals surface area contributed by atoms with Gasteiger partial charge in [0.15, 0.2) is 0 Å². The van der Waals surface area contributed by atoms with Crippen molar-refractivity contribution in [2.45, 2.75) is 181 Å². The van der Waals surface area contributed by atoms with Crippen molar-refractivity contribution in [3.63, 3.8) is 0 Å². The minimum atomic E-state index is -4.33. The third-order valence-electron chi connectivity index (χ3n) is 7.38. The lowest BCUT2D eigenvalue weighted by Crippen LogP contribution is -2.14. The van der Waals surface area contributed by atoms with Crippen molar-refractivity contribution in [2.24, 2.45) is 5.92 Å². The van der Waals surface area contributed by atoms with Crippen molar-refractivity contribution in [2.75, 3.05) is 6.61 Å². The molecule has 0 aliphatic heterocycles. The van der Waals surface area contributed by atoms with E-state index in [1.165, 1.54) is 141 Å². The molecule has 0 aromatic carbocycles. The van der Waals surface area contributed by atoms with Crippen molar-refractivity contribution in [1.29, 1.82) is 0 Å². The first-order chi connectivity index (χ1) is 17.0. The molecule has 0 aromatic rings. The zero-order valence-corrected chi connectivity index (χ0v) is 24.6. The second-order valence-electron chi connectivity index (χ2n) is 10.9. The molecule has 0 fully saturated rings. The molecule has 0 saturated heterocycles. The Morgan fingerprint density at radius 3 is 1.00 bits per heavy atom. The van der Waals surface area contributed by atoms with Gasteiger partial charge in [-0.15, -0.1) is 0 Å². The lowest BCUT2D eigenvalue weighted by atomic mass is 9.94. The van der Waals surface area contributed by atoms with E-state index >= 15 is 0 Å². The molecule has 0 aromatic heterocycles. The molecule has 0 bridgehead atoms. The molecule has 0 spiro atoms. The topological polar surface area (TPSA) is 63.6 Å². The fourth-order valence-electron chi connectivity index (χ4n) is 5.04. The Bertz CT molecular complexity index is 478. The van der Waals surface area contributed by atoms with Crippen LogP contribution < -0.4 is 0 Å². The Labute approximate surface area is 220 Å². The lowest BCUT2D eigenvalue weighted by molar-refractivity contribution is 0.204. The third-order valence-corrected chi connectivity index (χ3v) is 7.82. The van der Waals surface area contributed by atoms with Crippen molar-refractivity contribution in [3.05, 3.63) is 0 Å².